The van der Waals surface area contributed by atoms with Crippen LogP contribution in [0.3, 0.4) is 0 Å². The molecular weight excluding hydrogens is 1320 g/mol. The normalized spacial score (nSPS) is 11.2. The Kier molecular flexibility index (Phi) is 46.8. The summed E-state index contributed by atoms with van der Waals surface area (Å²) in [5.41, 5.74) is 10.4. The number of hydrogen-bond acceptors (Lipinski definition) is 16. The van der Waals surface area contributed by atoms with Gasteiger partial charge in [0.25, 0.3) is 0 Å². The Balaban J connectivity index is 0.000000607. The van der Waals surface area contributed by atoms with Crippen LogP contribution < -0.4 is 35.1 Å². The molecule has 1 atom stereocenters. The Bertz CT molecular complexity index is 3490. The molecule has 3 N–H and O–H groups in total. The van der Waals surface area contributed by atoms with Gasteiger partial charge in [-0.15, -0.1) is 0 Å². The summed E-state index contributed by atoms with van der Waals surface area (Å²) in [6, 6.07) is 31.3. The number of benzene rings is 1. The predicted octanol–water partition coefficient (Wildman–Crippen LogP) is 24.1. The van der Waals surface area contributed by atoms with Gasteiger partial charge in [0.05, 0.1) is 44.1 Å². The fourth-order valence-corrected chi connectivity index (χ4v) is 8.89. The molecule has 0 saturated heterocycles. The van der Waals surface area contributed by atoms with Crippen molar-refractivity contribution >= 4 is 23.3 Å². The van der Waals surface area contributed by atoms with Crippen LogP contribution in [0.15, 0.2) is 141 Å². The number of ether oxygens (including phenoxy) is 3. The summed E-state index contributed by atoms with van der Waals surface area (Å²) in [7, 11) is 1.62. The number of nitrogens with zero attached hydrogens (tertiary/aromatic N) is 10. The van der Waals surface area contributed by atoms with Crippen molar-refractivity contribution in [1.82, 2.24) is 44.9 Å². The monoisotopic (exact) mass is 1460 g/mol. The Labute approximate surface area is 643 Å². The summed E-state index contributed by atoms with van der Waals surface area (Å²) < 4.78 is 28.9. The summed E-state index contributed by atoms with van der Waals surface area (Å²) in [5, 5.41) is 9.85. The molecule has 588 valence electrons. The van der Waals surface area contributed by atoms with Gasteiger partial charge in [-0.25, -0.2) is 39.3 Å². The number of halogens is 1. The summed E-state index contributed by atoms with van der Waals surface area (Å²) >= 11 is 0. The zero-order valence-corrected chi connectivity index (χ0v) is 71.4. The van der Waals surface area contributed by atoms with E-state index in [-0.39, 0.29) is 5.41 Å². The highest BCUT2D eigenvalue weighted by Crippen LogP contribution is 2.24. The van der Waals surface area contributed by atoms with Gasteiger partial charge in [-0.3, -0.25) is 9.97 Å². The highest BCUT2D eigenvalue weighted by molar-refractivity contribution is 5.40. The first-order valence-electron chi connectivity index (χ1n) is 38.8. The topological polar surface area (TPSA) is 183 Å². The molecule has 0 aliphatic carbocycles. The molecule has 0 radical (unpaired) electrons. The van der Waals surface area contributed by atoms with Crippen molar-refractivity contribution in [3.8, 4) is 17.6 Å². The van der Waals surface area contributed by atoms with Gasteiger partial charge in [-0.1, -0.05) is 214 Å². The first-order valence-corrected chi connectivity index (χ1v) is 38.8. The third-order valence-electron chi connectivity index (χ3n) is 15.7. The standard InChI is InChI=1S/C12H20N2O.2C12H20N2.C11H15F.C11H18N2O.2C11H18N2.C9H13NO/c1-9(2)10-6-13-7-11(14-10)15-8-12(3,4)5;1-9(2)7-13-12-6-5-11(8-14-12)10(3)4;1-5-14(6-2)12-8-7-11(9-13-12)10(3)4;1-8(2)10-5-4-6-11(7-10)9(3)12;1-8(2)7-14-11-6-12-5-10(13-11)9(3)4;1-8(2)10-5-6-11(12-7-10)13-9(3)4;1-8(2)10-6-5-7-11(13-10)12-9(3)4;1-7(2)8-4-5-9(11-3)10-6-8/h6-7,9H,8H2,1-5H3;5-6,8-10H,7H2,1-4H3,(H,13,14);7-10H,5-6H2,1-4H3;4-9H,1-3H3;5-6,8-9H,7H2,1-4H3;2*5-9H,1-4H3,(H,12,13);4-7H,1-3H3. The van der Waals surface area contributed by atoms with Gasteiger partial charge in [0.15, 0.2) is 0 Å². The van der Waals surface area contributed by atoms with Gasteiger partial charge in [-0.05, 0) is 177 Å². The molecule has 0 saturated carbocycles. The predicted molar refractivity (Wildman–Crippen MR) is 450 cm³/mol. The molecule has 0 amide bonds. The molecule has 7 heterocycles. The minimum absolute atomic E-state index is 0.148. The Morgan fingerprint density at radius 2 is 0.830 bits per heavy atom. The molecule has 7 aromatic heterocycles. The summed E-state index contributed by atoms with van der Waals surface area (Å²) in [4.78, 5) is 41.0. The molecule has 0 bridgehead atoms. The molecule has 0 fully saturated rings. The van der Waals surface area contributed by atoms with E-state index in [4.69, 9.17) is 14.2 Å². The van der Waals surface area contributed by atoms with E-state index in [0.29, 0.717) is 102 Å². The van der Waals surface area contributed by atoms with Crippen molar-refractivity contribution in [2.45, 2.75) is 273 Å². The van der Waals surface area contributed by atoms with Crippen molar-refractivity contribution in [3.05, 3.63) is 191 Å². The smallest absolute Gasteiger partial charge is 0.232 e. The first kappa shape index (κ1) is 95.7. The van der Waals surface area contributed by atoms with E-state index in [1.54, 1.807) is 38.8 Å². The second-order valence-corrected chi connectivity index (χ2v) is 31.7. The molecule has 0 spiro atoms. The van der Waals surface area contributed by atoms with Gasteiger partial charge in [0.2, 0.25) is 17.6 Å². The third kappa shape index (κ3) is 42.7. The molecule has 0 aliphatic heterocycles. The largest absolute Gasteiger partial charge is 0.481 e. The van der Waals surface area contributed by atoms with Crippen molar-refractivity contribution in [2.24, 2.45) is 17.3 Å². The summed E-state index contributed by atoms with van der Waals surface area (Å²) in [6.45, 7) is 68.0. The van der Waals surface area contributed by atoms with Gasteiger partial charge in [0, 0.05) is 80.7 Å². The molecule has 1 unspecified atom stereocenters. The van der Waals surface area contributed by atoms with E-state index in [0.717, 1.165) is 65.6 Å². The zero-order chi connectivity index (χ0) is 80.2. The number of hydrogen-bond donors (Lipinski definition) is 3. The lowest BCUT2D eigenvalue weighted by Gasteiger charge is -2.19. The minimum Gasteiger partial charge on any atom is -0.481 e. The van der Waals surface area contributed by atoms with Crippen LogP contribution in [0.25, 0.3) is 0 Å². The fraction of sp³-hybridized carbons (Fsp3) is 0.562. The first-order chi connectivity index (χ1) is 49.8. The van der Waals surface area contributed by atoms with E-state index in [2.05, 4.69) is 303 Å². The maximum Gasteiger partial charge on any atom is 0.232 e. The van der Waals surface area contributed by atoms with Crippen LogP contribution in [-0.2, 0) is 0 Å². The maximum absolute atomic E-state index is 12.9. The number of alkyl halides is 1. The number of anilines is 4. The second-order valence-electron chi connectivity index (χ2n) is 31.7. The number of aromatic nitrogens is 9. The van der Waals surface area contributed by atoms with Gasteiger partial charge < -0.3 is 35.1 Å². The second kappa shape index (κ2) is 51.8. The Morgan fingerprint density at radius 3 is 1.21 bits per heavy atom. The number of methoxy groups -OCH3 is 1. The van der Waals surface area contributed by atoms with Crippen molar-refractivity contribution < 1.29 is 18.6 Å². The summed E-state index contributed by atoms with van der Waals surface area (Å²) in [5.74, 6) is 11.0. The molecule has 1 aromatic carbocycles. The van der Waals surface area contributed by atoms with Crippen LogP contribution in [0.5, 0.6) is 17.6 Å². The summed E-state index contributed by atoms with van der Waals surface area (Å²) in [6.07, 6.45) is 13.8. The van der Waals surface area contributed by atoms with Crippen molar-refractivity contribution in [3.63, 3.8) is 0 Å². The van der Waals surface area contributed by atoms with Crippen molar-refractivity contribution in [2.75, 3.05) is 60.8 Å². The van der Waals surface area contributed by atoms with Crippen LogP contribution >= 0.6 is 0 Å². The number of nitrogens with one attached hydrogen (secondary N) is 3. The Hall–Kier alpha value is -8.34. The van der Waals surface area contributed by atoms with Gasteiger partial charge >= 0.3 is 0 Å². The van der Waals surface area contributed by atoms with E-state index < -0.39 is 6.17 Å². The van der Waals surface area contributed by atoms with Crippen molar-refractivity contribution in [1.29, 1.82) is 0 Å². The van der Waals surface area contributed by atoms with Crippen LogP contribution in [0.1, 0.15) is 312 Å². The fourth-order valence-electron chi connectivity index (χ4n) is 8.89. The molecule has 8 aromatic rings. The van der Waals surface area contributed by atoms with Crippen LogP contribution in [0, 0.1) is 17.3 Å². The van der Waals surface area contributed by atoms with Gasteiger partial charge in [0.1, 0.15) is 29.4 Å². The highest BCUT2D eigenvalue weighted by atomic mass is 19.1. The lowest BCUT2D eigenvalue weighted by molar-refractivity contribution is 0.190. The molecule has 106 heavy (non-hydrogen) atoms. The lowest BCUT2D eigenvalue weighted by Crippen LogP contribution is -2.22. The third-order valence-corrected chi connectivity index (χ3v) is 15.7. The average molecular weight is 1460 g/mol. The van der Waals surface area contributed by atoms with Crippen LogP contribution in [0.2, 0.25) is 0 Å². The molecule has 17 heteroatoms. The van der Waals surface area contributed by atoms with E-state index >= 15 is 0 Å². The molecule has 0 aliphatic rings. The van der Waals surface area contributed by atoms with Crippen LogP contribution in [-0.4, -0.2) is 96.9 Å². The SMILES string of the molecule is CC(C)CNc1ccc(C(C)C)cn1.CC(C)COc1cncc(C(C)C)n1.CC(C)Nc1ccc(C(C)C)cn1.CC(C)Nc1cccc(C(C)C)n1.CC(C)c1cccc(C(C)F)c1.CC(C)c1cncc(OCC(C)(C)C)n1.CCN(CC)c1ccc(C(C)C)cn1.COc1ccc(C(C)C)cn1. The van der Waals surface area contributed by atoms with E-state index in [9.17, 15) is 4.39 Å². The maximum atomic E-state index is 12.9. The zero-order valence-electron chi connectivity index (χ0n) is 71.4. The molecule has 8 rings (SSSR count). The lowest BCUT2D eigenvalue weighted by atomic mass is 9.99. The number of rotatable bonds is 25. The van der Waals surface area contributed by atoms with Crippen LogP contribution in [0.4, 0.5) is 27.7 Å². The van der Waals surface area contributed by atoms with E-state index in [1.165, 1.54) is 27.8 Å². The minimum atomic E-state index is -0.858. The molecule has 16 nitrogen and oxygen atoms in total. The highest BCUT2D eigenvalue weighted by Gasteiger charge is 2.14. The van der Waals surface area contributed by atoms with Gasteiger partial charge in [-0.2, -0.15) is 0 Å². The Morgan fingerprint density at radius 1 is 0.396 bits per heavy atom. The average Bonchev–Trinajstić information content (AvgIpc) is 0.947. The molecular formula is C89H142FN13O3. The van der Waals surface area contributed by atoms with E-state index in [1.807, 2.05) is 79.4 Å². The quantitative estimate of drug-likeness (QED) is 0.0491. The number of pyridine rings is 5.